The van der Waals surface area contributed by atoms with E-state index in [9.17, 15) is 0 Å². The zero-order valence-corrected chi connectivity index (χ0v) is 12.8. The summed E-state index contributed by atoms with van der Waals surface area (Å²) in [4.78, 5) is 0. The molecule has 0 aliphatic heterocycles. The van der Waals surface area contributed by atoms with Crippen LogP contribution in [0.2, 0.25) is 0 Å². The number of hydrogen-bond donors (Lipinski definition) is 0. The quantitative estimate of drug-likeness (QED) is 0.648. The van der Waals surface area contributed by atoms with E-state index in [-0.39, 0.29) is 5.60 Å². The molecule has 0 atom stereocenters. The topological polar surface area (TPSA) is 9.23 Å². The van der Waals surface area contributed by atoms with Gasteiger partial charge in [0.15, 0.2) is 0 Å². The Morgan fingerprint density at radius 2 is 1.62 bits per heavy atom. The van der Waals surface area contributed by atoms with E-state index in [0.29, 0.717) is 0 Å². The van der Waals surface area contributed by atoms with Crippen molar-refractivity contribution in [2.45, 2.75) is 25.9 Å². The summed E-state index contributed by atoms with van der Waals surface area (Å²) in [5, 5.41) is 0. The second-order valence-corrected chi connectivity index (χ2v) is 5.71. The van der Waals surface area contributed by atoms with Gasteiger partial charge in [0.05, 0.1) is 6.26 Å². The van der Waals surface area contributed by atoms with Crippen molar-refractivity contribution in [3.05, 3.63) is 84.1 Å². The van der Waals surface area contributed by atoms with Crippen LogP contribution >= 0.6 is 0 Å². The van der Waals surface area contributed by atoms with Crippen molar-refractivity contribution in [1.82, 2.24) is 0 Å². The maximum Gasteiger partial charge on any atom is 0.107 e. The predicted octanol–water partition coefficient (Wildman–Crippen LogP) is 5.34. The van der Waals surface area contributed by atoms with Crippen LogP contribution in [0.4, 0.5) is 0 Å². The fourth-order valence-corrected chi connectivity index (χ4v) is 2.17. The van der Waals surface area contributed by atoms with Crippen molar-refractivity contribution in [3.63, 3.8) is 0 Å². The van der Waals surface area contributed by atoms with Gasteiger partial charge in [0.25, 0.3) is 0 Å². The van der Waals surface area contributed by atoms with Crippen LogP contribution in [-0.4, -0.2) is 5.60 Å². The first kappa shape index (κ1) is 15.1. The molecule has 0 aliphatic rings. The third-order valence-corrected chi connectivity index (χ3v) is 3.29. The van der Waals surface area contributed by atoms with Gasteiger partial charge in [0.2, 0.25) is 0 Å². The largest absolute Gasteiger partial charge is 0.495 e. The van der Waals surface area contributed by atoms with Crippen molar-refractivity contribution >= 4 is 12.2 Å². The van der Waals surface area contributed by atoms with E-state index < -0.39 is 0 Å². The molecule has 0 saturated heterocycles. The van der Waals surface area contributed by atoms with Gasteiger partial charge >= 0.3 is 0 Å². The fraction of sp³-hybridized carbons (Fsp3) is 0.200. The highest BCUT2D eigenvalue weighted by molar-refractivity contribution is 5.48. The molecule has 0 heterocycles. The van der Waals surface area contributed by atoms with Crippen LogP contribution in [-0.2, 0) is 11.2 Å². The van der Waals surface area contributed by atoms with Crippen molar-refractivity contribution in [2.75, 3.05) is 0 Å². The number of hydrogen-bond acceptors (Lipinski definition) is 1. The molecule has 1 nitrogen and oxygen atoms in total. The first-order chi connectivity index (χ1) is 10.1. The molecule has 0 radical (unpaired) electrons. The Balaban J connectivity index is 1.94. The van der Waals surface area contributed by atoms with Gasteiger partial charge in [0.1, 0.15) is 5.60 Å². The molecule has 21 heavy (non-hydrogen) atoms. The molecule has 0 aromatic heterocycles. The second-order valence-electron chi connectivity index (χ2n) is 5.71. The van der Waals surface area contributed by atoms with Crippen molar-refractivity contribution in [2.24, 2.45) is 0 Å². The van der Waals surface area contributed by atoms with E-state index in [1.807, 2.05) is 30.4 Å². The molecule has 0 unspecified atom stereocenters. The fourth-order valence-electron chi connectivity index (χ4n) is 2.17. The first-order valence-electron chi connectivity index (χ1n) is 7.20. The average molecular weight is 278 g/mol. The standard InChI is InChI=1S/C20H22O/c1-4-17-10-12-19(13-11-17)16-20(2,3)21-15-14-18-8-6-5-7-9-18/h4-15H,1,16H2,2-3H3. The van der Waals surface area contributed by atoms with Gasteiger partial charge in [-0.3, -0.25) is 0 Å². The summed E-state index contributed by atoms with van der Waals surface area (Å²) in [6.07, 6.45) is 6.49. The van der Waals surface area contributed by atoms with E-state index >= 15 is 0 Å². The number of rotatable bonds is 6. The van der Waals surface area contributed by atoms with Gasteiger partial charge in [-0.25, -0.2) is 0 Å². The normalized spacial score (nSPS) is 11.5. The summed E-state index contributed by atoms with van der Waals surface area (Å²) < 4.78 is 5.89. The van der Waals surface area contributed by atoms with E-state index in [2.05, 4.69) is 56.8 Å². The summed E-state index contributed by atoms with van der Waals surface area (Å²) >= 11 is 0. The molecule has 1 heteroatoms. The highest BCUT2D eigenvalue weighted by Crippen LogP contribution is 2.18. The molecule has 0 bridgehead atoms. The Kier molecular flexibility index (Phi) is 4.99. The van der Waals surface area contributed by atoms with Gasteiger partial charge in [-0.1, -0.05) is 67.3 Å². The smallest absolute Gasteiger partial charge is 0.107 e. The highest BCUT2D eigenvalue weighted by Gasteiger charge is 2.18. The van der Waals surface area contributed by atoms with Crippen LogP contribution in [0, 0.1) is 0 Å². The predicted molar refractivity (Wildman–Crippen MR) is 90.9 cm³/mol. The van der Waals surface area contributed by atoms with Crippen LogP contribution in [0.15, 0.2) is 67.4 Å². The van der Waals surface area contributed by atoms with Crippen LogP contribution in [0.5, 0.6) is 0 Å². The van der Waals surface area contributed by atoms with Crippen molar-refractivity contribution < 1.29 is 4.74 Å². The summed E-state index contributed by atoms with van der Waals surface area (Å²) in [7, 11) is 0. The zero-order chi connectivity index (χ0) is 15.1. The van der Waals surface area contributed by atoms with Crippen molar-refractivity contribution in [3.8, 4) is 0 Å². The molecular weight excluding hydrogens is 256 g/mol. The highest BCUT2D eigenvalue weighted by atomic mass is 16.5. The maximum atomic E-state index is 5.89. The van der Waals surface area contributed by atoms with Crippen LogP contribution in [0.25, 0.3) is 12.2 Å². The molecule has 2 aromatic carbocycles. The Morgan fingerprint density at radius 1 is 0.952 bits per heavy atom. The van der Waals surface area contributed by atoms with Crippen LogP contribution < -0.4 is 0 Å². The minimum atomic E-state index is -0.235. The van der Waals surface area contributed by atoms with E-state index in [4.69, 9.17) is 4.74 Å². The SMILES string of the molecule is C=Cc1ccc(CC(C)(C)OC=Cc2ccccc2)cc1. The van der Waals surface area contributed by atoms with Crippen LogP contribution in [0.1, 0.15) is 30.5 Å². The number of benzene rings is 2. The van der Waals surface area contributed by atoms with Gasteiger partial charge in [-0.05, 0) is 36.6 Å². The van der Waals surface area contributed by atoms with Crippen LogP contribution in [0.3, 0.4) is 0 Å². The first-order valence-corrected chi connectivity index (χ1v) is 7.20. The number of ether oxygens (including phenoxy) is 1. The Hall–Kier alpha value is -2.28. The molecule has 0 saturated carbocycles. The Labute approximate surface area is 127 Å². The van der Waals surface area contributed by atoms with Crippen molar-refractivity contribution in [1.29, 1.82) is 0 Å². The summed E-state index contributed by atoms with van der Waals surface area (Å²) in [5.74, 6) is 0. The summed E-state index contributed by atoms with van der Waals surface area (Å²) in [6.45, 7) is 7.97. The lowest BCUT2D eigenvalue weighted by molar-refractivity contribution is 0.0598. The lowest BCUT2D eigenvalue weighted by Gasteiger charge is -2.24. The molecule has 0 N–H and O–H groups in total. The van der Waals surface area contributed by atoms with E-state index in [1.54, 1.807) is 6.26 Å². The molecule has 0 amide bonds. The molecule has 0 aliphatic carbocycles. The van der Waals surface area contributed by atoms with Gasteiger partial charge in [0, 0.05) is 6.42 Å². The maximum absolute atomic E-state index is 5.89. The van der Waals surface area contributed by atoms with E-state index in [1.165, 1.54) is 5.56 Å². The van der Waals surface area contributed by atoms with Gasteiger partial charge in [-0.15, -0.1) is 0 Å². The third kappa shape index (κ3) is 4.96. The molecular formula is C20H22O. The molecule has 0 spiro atoms. The Bertz CT molecular complexity index is 591. The minimum Gasteiger partial charge on any atom is -0.495 e. The molecule has 108 valence electrons. The lowest BCUT2D eigenvalue weighted by atomic mass is 9.97. The van der Waals surface area contributed by atoms with Gasteiger partial charge < -0.3 is 4.74 Å². The third-order valence-electron chi connectivity index (χ3n) is 3.29. The Morgan fingerprint density at radius 3 is 2.24 bits per heavy atom. The molecule has 2 aromatic rings. The summed E-state index contributed by atoms with van der Waals surface area (Å²) in [6, 6.07) is 18.6. The monoisotopic (exact) mass is 278 g/mol. The summed E-state index contributed by atoms with van der Waals surface area (Å²) in [5.41, 5.74) is 3.31. The minimum absolute atomic E-state index is 0.235. The molecule has 2 rings (SSSR count). The van der Waals surface area contributed by atoms with Gasteiger partial charge in [-0.2, -0.15) is 0 Å². The zero-order valence-electron chi connectivity index (χ0n) is 12.8. The second kappa shape index (κ2) is 6.94. The average Bonchev–Trinajstić information content (AvgIpc) is 2.48. The lowest BCUT2D eigenvalue weighted by Crippen LogP contribution is -2.24. The van der Waals surface area contributed by atoms with E-state index in [0.717, 1.165) is 17.5 Å². The molecule has 0 fully saturated rings.